The fourth-order valence-corrected chi connectivity index (χ4v) is 10.1. The van der Waals surface area contributed by atoms with Crippen LogP contribution in [0, 0.1) is 0 Å². The first-order valence-corrected chi connectivity index (χ1v) is 33.3. The molecule has 0 rings (SSSR count). The van der Waals surface area contributed by atoms with Gasteiger partial charge in [0, 0.05) is 19.3 Å². The first-order chi connectivity index (χ1) is 36.5. The molecule has 6 heteroatoms. The van der Waals surface area contributed by atoms with Crippen molar-refractivity contribution in [3.63, 3.8) is 0 Å². The zero-order valence-corrected chi connectivity index (χ0v) is 50.1. The Hall–Kier alpha value is -2.11. The molecular formula is C68H128O6. The lowest BCUT2D eigenvalue weighted by molar-refractivity contribution is -0.167. The minimum Gasteiger partial charge on any atom is -0.462 e. The van der Waals surface area contributed by atoms with E-state index < -0.39 is 6.10 Å². The molecule has 0 saturated heterocycles. The van der Waals surface area contributed by atoms with Crippen LogP contribution >= 0.6 is 0 Å². The van der Waals surface area contributed by atoms with E-state index in [0.717, 1.165) is 64.2 Å². The molecule has 0 aromatic carbocycles. The molecule has 0 bridgehead atoms. The predicted molar refractivity (Wildman–Crippen MR) is 321 cm³/mol. The van der Waals surface area contributed by atoms with E-state index in [-0.39, 0.29) is 31.1 Å². The van der Waals surface area contributed by atoms with Crippen molar-refractivity contribution < 1.29 is 28.6 Å². The standard InChI is InChI=1S/C68H128O6/c1-4-7-10-13-16-19-22-25-28-30-32-33-34-35-36-38-40-43-46-49-52-55-58-61-67(70)73-64-65(63-72-66(69)60-57-54-51-48-45-42-39-27-24-21-18-15-12-9-6-3)74-68(71)62-59-56-53-50-47-44-41-37-31-29-26-23-20-17-14-11-8-5-2/h27,29,31,39,65H,4-26,28,30,32-38,40-64H2,1-3H3/b31-29-,39-27-. The summed E-state index contributed by atoms with van der Waals surface area (Å²) in [6, 6.07) is 0. The Kier molecular flexibility index (Phi) is 61.6. The van der Waals surface area contributed by atoms with Crippen molar-refractivity contribution in [3.8, 4) is 0 Å². The first-order valence-electron chi connectivity index (χ1n) is 33.3. The molecule has 1 atom stereocenters. The Labute approximate surface area is 462 Å². The van der Waals surface area contributed by atoms with Gasteiger partial charge in [0.25, 0.3) is 0 Å². The number of esters is 3. The van der Waals surface area contributed by atoms with Gasteiger partial charge in [-0.3, -0.25) is 14.4 Å². The van der Waals surface area contributed by atoms with Crippen molar-refractivity contribution in [2.75, 3.05) is 13.2 Å². The van der Waals surface area contributed by atoms with Gasteiger partial charge in [-0.15, -0.1) is 0 Å². The maximum Gasteiger partial charge on any atom is 0.306 e. The molecular weight excluding hydrogens is 913 g/mol. The smallest absolute Gasteiger partial charge is 0.306 e. The predicted octanol–water partition coefficient (Wildman–Crippen LogP) is 22.6. The summed E-state index contributed by atoms with van der Waals surface area (Å²) >= 11 is 0. The summed E-state index contributed by atoms with van der Waals surface area (Å²) in [5, 5.41) is 0. The highest BCUT2D eigenvalue weighted by Gasteiger charge is 2.19. The van der Waals surface area contributed by atoms with Crippen molar-refractivity contribution >= 4 is 17.9 Å². The van der Waals surface area contributed by atoms with Crippen LogP contribution in [0.25, 0.3) is 0 Å². The summed E-state index contributed by atoms with van der Waals surface area (Å²) in [6.07, 6.45) is 76.2. The minimum atomic E-state index is -0.775. The monoisotopic (exact) mass is 1040 g/mol. The molecule has 436 valence electrons. The van der Waals surface area contributed by atoms with E-state index in [4.69, 9.17) is 14.2 Å². The number of hydrogen-bond donors (Lipinski definition) is 0. The Morgan fingerprint density at radius 3 is 0.676 bits per heavy atom. The average Bonchev–Trinajstić information content (AvgIpc) is 3.40. The number of ether oxygens (including phenoxy) is 3. The van der Waals surface area contributed by atoms with E-state index in [1.54, 1.807) is 0 Å². The topological polar surface area (TPSA) is 78.9 Å². The Balaban J connectivity index is 4.28. The number of carbonyl (C=O) groups excluding carboxylic acids is 3. The molecule has 0 aromatic rings. The molecule has 0 aliphatic rings. The Morgan fingerprint density at radius 1 is 0.257 bits per heavy atom. The van der Waals surface area contributed by atoms with Gasteiger partial charge in [0.15, 0.2) is 6.10 Å². The largest absolute Gasteiger partial charge is 0.462 e. The summed E-state index contributed by atoms with van der Waals surface area (Å²) in [5.74, 6) is -0.856. The van der Waals surface area contributed by atoms with Gasteiger partial charge in [-0.05, 0) is 70.6 Å². The van der Waals surface area contributed by atoms with Crippen molar-refractivity contribution in [2.45, 2.75) is 380 Å². The average molecular weight is 1040 g/mol. The van der Waals surface area contributed by atoms with E-state index in [9.17, 15) is 14.4 Å². The lowest BCUT2D eigenvalue weighted by Gasteiger charge is -2.18. The summed E-state index contributed by atoms with van der Waals surface area (Å²) in [7, 11) is 0. The van der Waals surface area contributed by atoms with Gasteiger partial charge in [-0.1, -0.05) is 308 Å². The number of carbonyl (C=O) groups is 3. The summed E-state index contributed by atoms with van der Waals surface area (Å²) in [6.45, 7) is 6.69. The third kappa shape index (κ3) is 60.8. The molecule has 6 nitrogen and oxygen atoms in total. The van der Waals surface area contributed by atoms with Gasteiger partial charge >= 0.3 is 17.9 Å². The second-order valence-electron chi connectivity index (χ2n) is 22.7. The van der Waals surface area contributed by atoms with Gasteiger partial charge in [-0.25, -0.2) is 0 Å². The summed E-state index contributed by atoms with van der Waals surface area (Å²) in [5.41, 5.74) is 0. The molecule has 0 aliphatic heterocycles. The zero-order chi connectivity index (χ0) is 53.6. The van der Waals surface area contributed by atoms with Crippen molar-refractivity contribution in [2.24, 2.45) is 0 Å². The highest BCUT2D eigenvalue weighted by molar-refractivity contribution is 5.71. The summed E-state index contributed by atoms with van der Waals surface area (Å²) in [4.78, 5) is 38.3. The van der Waals surface area contributed by atoms with E-state index >= 15 is 0 Å². The highest BCUT2D eigenvalue weighted by Crippen LogP contribution is 2.18. The quantitative estimate of drug-likeness (QED) is 0.0261. The van der Waals surface area contributed by atoms with Crippen LogP contribution in [-0.4, -0.2) is 37.2 Å². The molecule has 0 amide bonds. The molecule has 74 heavy (non-hydrogen) atoms. The molecule has 0 aliphatic carbocycles. The molecule has 0 aromatic heterocycles. The van der Waals surface area contributed by atoms with Crippen LogP contribution in [0.15, 0.2) is 24.3 Å². The molecule has 0 N–H and O–H groups in total. The van der Waals surface area contributed by atoms with Crippen LogP contribution in [0.1, 0.15) is 374 Å². The Morgan fingerprint density at radius 2 is 0.446 bits per heavy atom. The number of rotatable bonds is 62. The molecule has 0 radical (unpaired) electrons. The lowest BCUT2D eigenvalue weighted by atomic mass is 10.0. The van der Waals surface area contributed by atoms with E-state index in [1.165, 1.54) is 270 Å². The number of unbranched alkanes of at least 4 members (excludes halogenated alkanes) is 47. The van der Waals surface area contributed by atoms with E-state index in [0.29, 0.717) is 19.3 Å². The normalized spacial score (nSPS) is 12.1. The number of allylic oxidation sites excluding steroid dienone is 4. The van der Waals surface area contributed by atoms with Crippen molar-refractivity contribution in [1.82, 2.24) is 0 Å². The minimum absolute atomic E-state index is 0.0705. The van der Waals surface area contributed by atoms with Crippen LogP contribution in [-0.2, 0) is 28.6 Å². The fraction of sp³-hybridized carbons (Fsp3) is 0.897. The van der Waals surface area contributed by atoms with Crippen LogP contribution in [0.2, 0.25) is 0 Å². The van der Waals surface area contributed by atoms with Crippen LogP contribution < -0.4 is 0 Å². The van der Waals surface area contributed by atoms with Gasteiger partial charge in [0.2, 0.25) is 0 Å². The maximum absolute atomic E-state index is 12.9. The van der Waals surface area contributed by atoms with Gasteiger partial charge < -0.3 is 14.2 Å². The van der Waals surface area contributed by atoms with Crippen LogP contribution in [0.4, 0.5) is 0 Å². The third-order valence-corrected chi connectivity index (χ3v) is 15.2. The Bertz CT molecular complexity index is 1190. The zero-order valence-electron chi connectivity index (χ0n) is 50.1. The maximum atomic E-state index is 12.9. The van der Waals surface area contributed by atoms with Gasteiger partial charge in [-0.2, -0.15) is 0 Å². The SMILES string of the molecule is CCCCCCCC/C=C\CCCCCCCC(=O)OCC(COC(=O)CCCCCCCCCCCCCCCCCCCCCCCCC)OC(=O)CCCCCCCCC/C=C\CCCCCCCCC. The molecule has 0 spiro atoms. The molecule has 1 unspecified atom stereocenters. The van der Waals surface area contributed by atoms with Crippen LogP contribution in [0.3, 0.4) is 0 Å². The van der Waals surface area contributed by atoms with Gasteiger partial charge in [0.1, 0.15) is 13.2 Å². The third-order valence-electron chi connectivity index (χ3n) is 15.2. The molecule has 0 saturated carbocycles. The lowest BCUT2D eigenvalue weighted by Crippen LogP contribution is -2.30. The van der Waals surface area contributed by atoms with Crippen molar-refractivity contribution in [1.29, 1.82) is 0 Å². The molecule has 0 fully saturated rings. The second-order valence-corrected chi connectivity index (χ2v) is 22.7. The summed E-state index contributed by atoms with van der Waals surface area (Å²) < 4.78 is 17.0. The number of hydrogen-bond acceptors (Lipinski definition) is 6. The fourth-order valence-electron chi connectivity index (χ4n) is 10.1. The van der Waals surface area contributed by atoms with E-state index in [1.807, 2.05) is 0 Å². The molecule has 0 heterocycles. The van der Waals surface area contributed by atoms with Crippen LogP contribution in [0.5, 0.6) is 0 Å². The van der Waals surface area contributed by atoms with Crippen molar-refractivity contribution in [3.05, 3.63) is 24.3 Å². The van der Waals surface area contributed by atoms with Gasteiger partial charge in [0.05, 0.1) is 0 Å². The second kappa shape index (κ2) is 63.4. The highest BCUT2D eigenvalue weighted by atomic mass is 16.6. The first kappa shape index (κ1) is 71.9. The van der Waals surface area contributed by atoms with E-state index in [2.05, 4.69) is 45.1 Å².